The fourth-order valence-corrected chi connectivity index (χ4v) is 1.68. The fraction of sp³-hybridized carbons (Fsp3) is 1.00. The van der Waals surface area contributed by atoms with Gasteiger partial charge in [-0.3, -0.25) is 0 Å². The zero-order chi connectivity index (χ0) is 7.61. The summed E-state index contributed by atoms with van der Waals surface area (Å²) >= 11 is 0. The monoisotopic (exact) mass is 142 g/mol. The van der Waals surface area contributed by atoms with Crippen molar-refractivity contribution >= 4 is 0 Å². The highest BCUT2D eigenvalue weighted by Gasteiger charge is 2.28. The van der Waals surface area contributed by atoms with Crippen LogP contribution < -0.4 is 0 Å². The van der Waals surface area contributed by atoms with E-state index in [4.69, 9.17) is 4.74 Å². The van der Waals surface area contributed by atoms with Crippen LogP contribution in [0.4, 0.5) is 0 Å². The van der Waals surface area contributed by atoms with Crippen LogP contribution in [0.1, 0.15) is 40.0 Å². The molecular formula is C9H18O. The van der Waals surface area contributed by atoms with Crippen molar-refractivity contribution in [3.05, 3.63) is 0 Å². The molecule has 0 bridgehead atoms. The van der Waals surface area contributed by atoms with Crippen LogP contribution in [0.2, 0.25) is 0 Å². The first-order valence-corrected chi connectivity index (χ1v) is 4.28. The van der Waals surface area contributed by atoms with Gasteiger partial charge in [0.1, 0.15) is 0 Å². The Morgan fingerprint density at radius 3 is 2.70 bits per heavy atom. The van der Waals surface area contributed by atoms with Crippen molar-refractivity contribution in [1.82, 2.24) is 0 Å². The van der Waals surface area contributed by atoms with Crippen LogP contribution in [-0.2, 0) is 4.74 Å². The number of hydrogen-bond acceptors (Lipinski definition) is 1. The third kappa shape index (κ3) is 1.72. The summed E-state index contributed by atoms with van der Waals surface area (Å²) in [6, 6.07) is 0. The van der Waals surface area contributed by atoms with Crippen LogP contribution in [-0.4, -0.2) is 12.7 Å². The van der Waals surface area contributed by atoms with Gasteiger partial charge < -0.3 is 4.74 Å². The first kappa shape index (κ1) is 8.06. The van der Waals surface area contributed by atoms with Crippen molar-refractivity contribution in [2.75, 3.05) is 6.61 Å². The lowest BCUT2D eigenvalue weighted by Gasteiger charge is -2.36. The Morgan fingerprint density at radius 2 is 2.30 bits per heavy atom. The highest BCUT2D eigenvalue weighted by atomic mass is 16.5. The molecule has 1 aliphatic rings. The van der Waals surface area contributed by atoms with Gasteiger partial charge in [0.15, 0.2) is 0 Å². The van der Waals surface area contributed by atoms with Crippen molar-refractivity contribution in [1.29, 1.82) is 0 Å². The lowest BCUT2D eigenvalue weighted by molar-refractivity contribution is -0.0333. The molecule has 1 heteroatoms. The molecule has 0 N–H and O–H groups in total. The lowest BCUT2D eigenvalue weighted by Crippen LogP contribution is -2.30. The average molecular weight is 142 g/mol. The molecule has 1 nitrogen and oxygen atoms in total. The van der Waals surface area contributed by atoms with Crippen LogP contribution in [0.25, 0.3) is 0 Å². The molecule has 0 spiro atoms. The quantitative estimate of drug-likeness (QED) is 0.547. The molecule has 1 aliphatic heterocycles. The van der Waals surface area contributed by atoms with Crippen molar-refractivity contribution in [3.63, 3.8) is 0 Å². The van der Waals surface area contributed by atoms with E-state index in [1.807, 2.05) is 0 Å². The molecule has 0 saturated carbocycles. The summed E-state index contributed by atoms with van der Waals surface area (Å²) in [7, 11) is 0. The molecule has 2 atom stereocenters. The second kappa shape index (κ2) is 2.91. The molecule has 0 aromatic carbocycles. The second-order valence-electron chi connectivity index (χ2n) is 3.80. The minimum Gasteiger partial charge on any atom is -0.378 e. The van der Waals surface area contributed by atoms with Gasteiger partial charge in [0.2, 0.25) is 0 Å². The van der Waals surface area contributed by atoms with Crippen LogP contribution in [0, 0.1) is 5.41 Å². The standard InChI is InChI=1S/C9H18O/c1-4-9(3)5-6-10-8(2)7-9/h8H,4-7H2,1-3H3/t8-,9+/m0/s1. The third-order valence-corrected chi connectivity index (χ3v) is 2.74. The zero-order valence-electron chi connectivity index (χ0n) is 7.31. The maximum Gasteiger partial charge on any atom is 0.0552 e. The van der Waals surface area contributed by atoms with Crippen molar-refractivity contribution in [2.45, 2.75) is 46.1 Å². The van der Waals surface area contributed by atoms with Gasteiger partial charge in [-0.1, -0.05) is 20.3 Å². The van der Waals surface area contributed by atoms with Crippen molar-refractivity contribution < 1.29 is 4.74 Å². The highest BCUT2D eigenvalue weighted by molar-refractivity contribution is 4.78. The largest absolute Gasteiger partial charge is 0.378 e. The van der Waals surface area contributed by atoms with Gasteiger partial charge in [-0.15, -0.1) is 0 Å². The van der Waals surface area contributed by atoms with Crippen LogP contribution in [0.3, 0.4) is 0 Å². The van der Waals surface area contributed by atoms with E-state index >= 15 is 0 Å². The first-order chi connectivity index (χ1) is 4.66. The van der Waals surface area contributed by atoms with Crippen LogP contribution in [0.5, 0.6) is 0 Å². The minimum absolute atomic E-state index is 0.485. The lowest BCUT2D eigenvalue weighted by atomic mass is 9.78. The van der Waals surface area contributed by atoms with Gasteiger partial charge in [0, 0.05) is 6.61 Å². The molecule has 0 radical (unpaired) electrons. The molecule has 0 aliphatic carbocycles. The summed E-state index contributed by atoms with van der Waals surface area (Å²) in [6.45, 7) is 7.78. The van der Waals surface area contributed by atoms with E-state index in [0.717, 1.165) is 6.61 Å². The van der Waals surface area contributed by atoms with Gasteiger partial charge in [-0.2, -0.15) is 0 Å². The predicted octanol–water partition coefficient (Wildman–Crippen LogP) is 2.60. The Labute approximate surface area is 63.8 Å². The molecule has 0 aromatic heterocycles. The van der Waals surface area contributed by atoms with Crippen LogP contribution >= 0.6 is 0 Å². The Morgan fingerprint density at radius 1 is 1.60 bits per heavy atom. The van der Waals surface area contributed by atoms with E-state index in [2.05, 4.69) is 20.8 Å². The molecule has 10 heavy (non-hydrogen) atoms. The number of hydrogen-bond donors (Lipinski definition) is 0. The third-order valence-electron chi connectivity index (χ3n) is 2.74. The molecule has 1 heterocycles. The molecular weight excluding hydrogens is 124 g/mol. The van der Waals surface area contributed by atoms with E-state index < -0.39 is 0 Å². The zero-order valence-corrected chi connectivity index (χ0v) is 7.31. The molecule has 60 valence electrons. The fourth-order valence-electron chi connectivity index (χ4n) is 1.68. The maximum absolute atomic E-state index is 5.48. The smallest absolute Gasteiger partial charge is 0.0552 e. The van der Waals surface area contributed by atoms with E-state index in [-0.39, 0.29) is 0 Å². The van der Waals surface area contributed by atoms with Gasteiger partial charge in [0.25, 0.3) is 0 Å². The SMILES string of the molecule is CC[C@]1(C)CCO[C@@H](C)C1. The Kier molecular flexibility index (Phi) is 2.35. The molecule has 0 unspecified atom stereocenters. The van der Waals surface area contributed by atoms with E-state index in [0.29, 0.717) is 11.5 Å². The van der Waals surface area contributed by atoms with Gasteiger partial charge in [0.05, 0.1) is 6.10 Å². The summed E-state index contributed by atoms with van der Waals surface area (Å²) in [4.78, 5) is 0. The minimum atomic E-state index is 0.485. The predicted molar refractivity (Wildman–Crippen MR) is 43.0 cm³/mol. The second-order valence-corrected chi connectivity index (χ2v) is 3.80. The average Bonchev–Trinajstić information content (AvgIpc) is 1.88. The van der Waals surface area contributed by atoms with Gasteiger partial charge in [-0.05, 0) is 25.2 Å². The Bertz CT molecular complexity index is 111. The summed E-state index contributed by atoms with van der Waals surface area (Å²) in [5, 5.41) is 0. The molecule has 1 saturated heterocycles. The van der Waals surface area contributed by atoms with Crippen molar-refractivity contribution in [2.24, 2.45) is 5.41 Å². The molecule has 1 fully saturated rings. The normalized spacial score (nSPS) is 41.7. The van der Waals surface area contributed by atoms with E-state index in [1.54, 1.807) is 0 Å². The summed E-state index contributed by atoms with van der Waals surface area (Å²) in [5.74, 6) is 0. The summed E-state index contributed by atoms with van der Waals surface area (Å²) < 4.78 is 5.48. The van der Waals surface area contributed by atoms with E-state index in [1.165, 1.54) is 19.3 Å². The number of ether oxygens (including phenoxy) is 1. The summed E-state index contributed by atoms with van der Waals surface area (Å²) in [5.41, 5.74) is 0.567. The Hall–Kier alpha value is -0.0400. The van der Waals surface area contributed by atoms with Crippen molar-refractivity contribution in [3.8, 4) is 0 Å². The first-order valence-electron chi connectivity index (χ1n) is 4.28. The topological polar surface area (TPSA) is 9.23 Å². The maximum atomic E-state index is 5.48. The van der Waals surface area contributed by atoms with Gasteiger partial charge in [-0.25, -0.2) is 0 Å². The molecule has 0 amide bonds. The molecule has 1 rings (SSSR count). The number of rotatable bonds is 1. The van der Waals surface area contributed by atoms with Gasteiger partial charge >= 0.3 is 0 Å². The van der Waals surface area contributed by atoms with E-state index in [9.17, 15) is 0 Å². The highest BCUT2D eigenvalue weighted by Crippen LogP contribution is 2.35. The van der Waals surface area contributed by atoms with Crippen LogP contribution in [0.15, 0.2) is 0 Å². The molecule has 0 aromatic rings. The Balaban J connectivity index is 2.45. The summed E-state index contributed by atoms with van der Waals surface area (Å²) in [6.07, 6.45) is 4.26.